The summed E-state index contributed by atoms with van der Waals surface area (Å²) in [6, 6.07) is 15.4. The summed E-state index contributed by atoms with van der Waals surface area (Å²) in [4.78, 5) is 61.2. The molecule has 0 radical (unpaired) electrons. The number of nitrogens with one attached hydrogen (secondary N) is 1. The molecule has 2 aromatic carbocycles. The van der Waals surface area contributed by atoms with Gasteiger partial charge in [0, 0.05) is 60.8 Å². The van der Waals surface area contributed by atoms with Gasteiger partial charge in [-0.05, 0) is 124 Å². The zero-order valence-corrected chi connectivity index (χ0v) is 46.2. The topological polar surface area (TPSA) is 207 Å². The Bertz CT molecular complexity index is 2450. The van der Waals surface area contributed by atoms with Gasteiger partial charge in [0.2, 0.25) is 5.78 Å². The number of carbonyl (C=O) groups excluding carboxylic acids is 3. The van der Waals surface area contributed by atoms with Crippen LogP contribution in [0.2, 0.25) is 0 Å². The third-order valence-corrected chi connectivity index (χ3v) is 19.7. The van der Waals surface area contributed by atoms with E-state index >= 15 is 4.79 Å². The number of likely N-dealkylation sites (tertiary alicyclic amines) is 1. The van der Waals surface area contributed by atoms with Crippen molar-refractivity contribution in [1.29, 1.82) is 0 Å². The lowest BCUT2D eigenvalue weighted by atomic mass is 9.46. The summed E-state index contributed by atoms with van der Waals surface area (Å²) >= 11 is 0. The van der Waals surface area contributed by atoms with Crippen LogP contribution in [0.25, 0.3) is 0 Å². The number of aliphatic hydroxyl groups excluding tert-OH is 2. The van der Waals surface area contributed by atoms with Gasteiger partial charge in [-0.1, -0.05) is 94.0 Å². The Hall–Kier alpha value is -3.60. The van der Waals surface area contributed by atoms with E-state index in [4.69, 9.17) is 23.5 Å². The van der Waals surface area contributed by atoms with E-state index in [2.05, 4.69) is 43.4 Å². The van der Waals surface area contributed by atoms with Gasteiger partial charge in [-0.15, -0.1) is 0 Å². The number of piperidine rings is 1. The van der Waals surface area contributed by atoms with Crippen LogP contribution in [0.4, 0.5) is 0 Å². The van der Waals surface area contributed by atoms with Crippen LogP contribution in [0.3, 0.4) is 0 Å². The van der Waals surface area contributed by atoms with Gasteiger partial charge in [-0.3, -0.25) is 24.2 Å². The number of phosphoric ester groups is 1. The zero-order chi connectivity index (χ0) is 53.7. The lowest BCUT2D eigenvalue weighted by Gasteiger charge is -2.59. The fourth-order valence-electron chi connectivity index (χ4n) is 15.2. The highest BCUT2D eigenvalue weighted by atomic mass is 31.2. The molecule has 0 amide bonds. The minimum absolute atomic E-state index is 0.00636. The van der Waals surface area contributed by atoms with E-state index in [0.717, 1.165) is 115 Å². The number of aliphatic hydroxyl groups is 2. The highest BCUT2D eigenvalue weighted by Gasteiger charge is 2.76. The molecule has 2 saturated heterocycles. The van der Waals surface area contributed by atoms with E-state index in [-0.39, 0.29) is 41.0 Å². The van der Waals surface area contributed by atoms with Crippen LogP contribution in [0.15, 0.2) is 72.3 Å². The third-order valence-electron chi connectivity index (χ3n) is 19.2. The van der Waals surface area contributed by atoms with Crippen molar-refractivity contribution >= 4 is 25.4 Å². The monoisotopic (exact) mass is 1070 g/mol. The molecule has 4 saturated carbocycles. The Morgan fingerprint density at radius 3 is 2.42 bits per heavy atom. The van der Waals surface area contributed by atoms with E-state index in [1.165, 1.54) is 11.6 Å². The van der Waals surface area contributed by atoms with E-state index in [1.807, 2.05) is 19.2 Å². The summed E-state index contributed by atoms with van der Waals surface area (Å²) in [6.45, 7) is 7.81. The number of ether oxygens (including phenoxy) is 4. The number of fused-ring (bicyclic) bond motifs is 7. The fourth-order valence-corrected chi connectivity index (χ4v) is 15.6. The second-order valence-corrected chi connectivity index (χ2v) is 25.5. The van der Waals surface area contributed by atoms with Crippen LogP contribution < -0.4 is 9.84 Å². The summed E-state index contributed by atoms with van der Waals surface area (Å²) < 4.78 is 43.5. The summed E-state index contributed by atoms with van der Waals surface area (Å²) in [5, 5.41) is 26.8. The summed E-state index contributed by atoms with van der Waals surface area (Å²) in [6.07, 6.45) is 18.6. The molecule has 2 aromatic rings. The largest absolute Gasteiger partial charge is 0.524 e. The van der Waals surface area contributed by atoms with Gasteiger partial charge in [0.25, 0.3) is 0 Å². The molecule has 10 atom stereocenters. The minimum atomic E-state index is -4.90. The number of phosphoric acid groups is 1. The number of esters is 1. The molecular formula is C60H86N2O13P+. The van der Waals surface area contributed by atoms with Gasteiger partial charge < -0.3 is 43.5 Å². The first kappa shape index (κ1) is 57.1. The van der Waals surface area contributed by atoms with E-state index < -0.39 is 67.3 Å². The molecule has 6 fully saturated rings. The Morgan fingerprint density at radius 1 is 0.934 bits per heavy atom. The minimum Gasteiger partial charge on any atom is -0.457 e. The average Bonchev–Trinajstić information content (AvgIpc) is 3.90. The van der Waals surface area contributed by atoms with Crippen molar-refractivity contribution in [2.45, 2.75) is 166 Å². The highest BCUT2D eigenvalue weighted by molar-refractivity contribution is 7.46. The summed E-state index contributed by atoms with van der Waals surface area (Å²) in [5.74, 6) is -1.09. The molecule has 4 unspecified atom stereocenters. The molecule has 418 valence electrons. The van der Waals surface area contributed by atoms with Crippen LogP contribution in [0.5, 0.6) is 5.75 Å². The number of rotatable bonds is 24. The molecule has 0 bridgehead atoms. The molecule has 2 aliphatic heterocycles. The number of nitrogens with zero attached hydrogens (tertiary/aromatic N) is 1. The molecular weight excluding hydrogens is 988 g/mol. The molecule has 7 aliphatic rings. The molecule has 9 rings (SSSR count). The summed E-state index contributed by atoms with van der Waals surface area (Å²) in [5.41, 5.74) is 0.923. The number of hydrogen-bond acceptors (Lipinski definition) is 12. The normalized spacial score (nSPS) is 33.6. The molecule has 0 aromatic heterocycles. The Balaban J connectivity index is 0.767. The maximum absolute atomic E-state index is 15.1. The van der Waals surface area contributed by atoms with Crippen molar-refractivity contribution in [3.63, 3.8) is 0 Å². The number of hydrogen-bond donors (Lipinski definition) is 5. The van der Waals surface area contributed by atoms with Crippen LogP contribution in [0, 0.1) is 40.4 Å². The number of ketones is 2. The van der Waals surface area contributed by atoms with E-state index in [9.17, 15) is 34.2 Å². The fraction of sp³-hybridized carbons (Fsp3) is 0.683. The van der Waals surface area contributed by atoms with Gasteiger partial charge in [0.15, 0.2) is 24.3 Å². The molecule has 15 nitrogen and oxygen atoms in total. The van der Waals surface area contributed by atoms with Crippen LogP contribution in [0.1, 0.15) is 146 Å². The van der Waals surface area contributed by atoms with Gasteiger partial charge in [0.1, 0.15) is 12.3 Å². The van der Waals surface area contributed by atoms with Crippen molar-refractivity contribution < 1.29 is 66.9 Å². The number of allylic oxidation sites excluding steroid dienone is 4. The Labute approximate surface area is 450 Å². The lowest BCUT2D eigenvalue weighted by molar-refractivity contribution is -0.927. The number of carbonyl (C=O) groups is 3. The standard InChI is InChI=1S/C60H85N2O13P/c1-58-28-25-47(63)35-46(58)22-23-48-49-36-54-60(59(49,2)37-50(64)55(48)58,74-57(73-54)43-19-10-7-11-20-43)53(66)40-72-56(67)42-26-30-62(3,31-27-42)39-45-34-44(21-24-52(45)75-76(68,69)70)51(65)38-61-29-13-4-5-14-32-71-33-15-12-18-41-16-8-6-9-17-41/h6,8-9,16-17,21,24-25,28,34-35,42-43,48-51,54-55,57,61,64-65H,4-5,7,10-15,18-20,22-23,26-27,29-33,36-40H2,1-3H3,(H-,68,69,70)/p+1/t42?,48?,49?,50-,51?,54+,55?,57+,58-,59-,60+,62?/m0/s1. The first-order valence-corrected chi connectivity index (χ1v) is 30.3. The van der Waals surface area contributed by atoms with E-state index in [1.54, 1.807) is 24.3 Å². The highest BCUT2D eigenvalue weighted by Crippen LogP contribution is 2.70. The maximum Gasteiger partial charge on any atom is 0.524 e. The van der Waals surface area contributed by atoms with Crippen molar-refractivity contribution in [2.24, 2.45) is 40.4 Å². The first-order chi connectivity index (χ1) is 36.4. The second-order valence-electron chi connectivity index (χ2n) is 24.4. The van der Waals surface area contributed by atoms with Crippen molar-refractivity contribution in [1.82, 2.24) is 5.32 Å². The number of benzene rings is 2. The number of quaternary nitrogens is 1. The van der Waals surface area contributed by atoms with Crippen LogP contribution in [-0.2, 0) is 50.9 Å². The van der Waals surface area contributed by atoms with Crippen molar-refractivity contribution in [3.8, 4) is 5.75 Å². The van der Waals surface area contributed by atoms with Gasteiger partial charge in [0.05, 0.1) is 44.4 Å². The first-order valence-electron chi connectivity index (χ1n) is 28.8. The zero-order valence-electron chi connectivity index (χ0n) is 45.3. The SMILES string of the molecule is C[C@]12C=CC(=O)C=C1CCC1C2[C@@H](O)C[C@@]2(C)C1C[C@H]1O[C@@H](C3CCCCC3)O[C@]12C(=O)COC(=O)C1CC[N+](C)(Cc2cc(C(O)CNCCCCCCOCCCCc3ccccc3)ccc2OP(=O)(O)O)CC1. The van der Waals surface area contributed by atoms with Crippen LogP contribution in [-0.4, -0.2) is 119 Å². The second kappa shape index (κ2) is 24.4. The van der Waals surface area contributed by atoms with Gasteiger partial charge in [-0.2, -0.15) is 0 Å². The average molecular weight is 1070 g/mol. The molecule has 2 heterocycles. The number of unbranched alkanes of at least 4 members (excludes halogenated alkanes) is 4. The van der Waals surface area contributed by atoms with Crippen molar-refractivity contribution in [2.75, 3.05) is 53.0 Å². The molecule has 5 N–H and O–H groups in total. The lowest BCUT2D eigenvalue weighted by Crippen LogP contribution is -2.63. The van der Waals surface area contributed by atoms with Gasteiger partial charge >= 0.3 is 13.8 Å². The predicted octanol–water partition coefficient (Wildman–Crippen LogP) is 8.80. The number of aryl methyl sites for hydroxylation is 1. The van der Waals surface area contributed by atoms with Crippen molar-refractivity contribution in [3.05, 3.63) is 89.0 Å². The van der Waals surface area contributed by atoms with E-state index in [0.29, 0.717) is 67.5 Å². The molecule has 0 spiro atoms. The smallest absolute Gasteiger partial charge is 0.457 e. The Morgan fingerprint density at radius 2 is 1.67 bits per heavy atom. The number of Topliss-reactive ketones (excluding diaryl/α,β-unsaturated/α-hetero) is 1. The Kier molecular flexibility index (Phi) is 18.3. The van der Waals surface area contributed by atoms with Crippen LogP contribution >= 0.6 is 7.82 Å². The van der Waals surface area contributed by atoms with Gasteiger partial charge in [-0.25, -0.2) is 4.57 Å². The maximum atomic E-state index is 15.1. The molecule has 76 heavy (non-hydrogen) atoms. The third kappa shape index (κ3) is 12.5. The quantitative estimate of drug-likeness (QED) is 0.0288. The molecule has 16 heteroatoms. The molecule has 5 aliphatic carbocycles. The summed E-state index contributed by atoms with van der Waals surface area (Å²) in [7, 11) is -2.87. The predicted molar refractivity (Wildman–Crippen MR) is 286 cm³/mol.